The Balaban J connectivity index is 2.11. The second kappa shape index (κ2) is 6.57. The van der Waals surface area contributed by atoms with Crippen molar-refractivity contribution in [2.45, 2.75) is 27.3 Å². The second-order valence-electron chi connectivity index (χ2n) is 5.41. The maximum absolute atomic E-state index is 5.69. The van der Waals surface area contributed by atoms with E-state index in [9.17, 15) is 0 Å². The summed E-state index contributed by atoms with van der Waals surface area (Å²) in [7, 11) is 1.94. The van der Waals surface area contributed by atoms with Gasteiger partial charge in [-0.3, -0.25) is 0 Å². The average molecular weight is 273 g/mol. The lowest BCUT2D eigenvalue weighted by atomic mass is 10.2. The third kappa shape index (κ3) is 3.61. The normalized spacial score (nSPS) is 11.1. The highest BCUT2D eigenvalue weighted by atomic mass is 16.5. The molecule has 108 valence electrons. The number of aromatic nitrogens is 2. The Kier molecular flexibility index (Phi) is 4.79. The lowest BCUT2D eigenvalue weighted by molar-refractivity contribution is 0.271. The van der Waals surface area contributed by atoms with Crippen LogP contribution in [0, 0.1) is 12.8 Å². The Bertz CT molecular complexity index is 543. The van der Waals surface area contributed by atoms with E-state index < -0.39 is 0 Å². The number of nitrogens with one attached hydrogen (secondary N) is 1. The number of hydrogen-bond donors (Lipinski definition) is 1. The monoisotopic (exact) mass is 273 g/mol. The summed E-state index contributed by atoms with van der Waals surface area (Å²) >= 11 is 0. The predicted molar refractivity (Wildman–Crippen MR) is 81.4 cm³/mol. The van der Waals surface area contributed by atoms with Crippen LogP contribution in [0.15, 0.2) is 30.5 Å². The van der Waals surface area contributed by atoms with E-state index >= 15 is 0 Å². The third-order valence-corrected chi connectivity index (χ3v) is 3.05. The second-order valence-corrected chi connectivity index (χ2v) is 5.41. The van der Waals surface area contributed by atoms with Crippen molar-refractivity contribution in [1.29, 1.82) is 0 Å². The van der Waals surface area contributed by atoms with Crippen molar-refractivity contribution >= 4 is 0 Å². The van der Waals surface area contributed by atoms with E-state index in [0.29, 0.717) is 5.92 Å². The van der Waals surface area contributed by atoms with Crippen LogP contribution < -0.4 is 10.1 Å². The molecule has 0 amide bonds. The molecule has 4 heteroatoms. The van der Waals surface area contributed by atoms with Gasteiger partial charge in [-0.15, -0.1) is 0 Å². The number of aryl methyl sites for hydroxylation is 1. The Morgan fingerprint density at radius 1 is 1.25 bits per heavy atom. The molecule has 1 heterocycles. The molecule has 0 saturated carbocycles. The molecule has 0 saturated heterocycles. The third-order valence-electron chi connectivity index (χ3n) is 3.05. The summed E-state index contributed by atoms with van der Waals surface area (Å²) in [5.74, 6) is 1.44. The van der Waals surface area contributed by atoms with Gasteiger partial charge in [0.1, 0.15) is 5.75 Å². The van der Waals surface area contributed by atoms with Crippen LogP contribution in [0.2, 0.25) is 0 Å². The molecule has 0 aliphatic rings. The largest absolute Gasteiger partial charge is 0.493 e. The first-order chi connectivity index (χ1) is 9.60. The zero-order valence-electron chi connectivity index (χ0n) is 12.7. The lowest BCUT2D eigenvalue weighted by Gasteiger charge is -2.09. The minimum atomic E-state index is 0.535. The van der Waals surface area contributed by atoms with Crippen LogP contribution in [0.3, 0.4) is 0 Å². The number of rotatable bonds is 6. The van der Waals surface area contributed by atoms with E-state index in [0.717, 1.165) is 30.3 Å². The Morgan fingerprint density at radius 3 is 2.55 bits per heavy atom. The van der Waals surface area contributed by atoms with Gasteiger partial charge in [0.2, 0.25) is 0 Å². The summed E-state index contributed by atoms with van der Waals surface area (Å²) in [4.78, 5) is 0. The smallest absolute Gasteiger partial charge is 0.119 e. The highest BCUT2D eigenvalue weighted by molar-refractivity contribution is 5.37. The standard InChI is InChI=1S/C16H23N3O/c1-12(2)11-20-16-7-5-15(6-8-16)19-10-14(9-17-4)13(3)18-19/h5-8,10,12,17H,9,11H2,1-4H3. The van der Waals surface area contributed by atoms with Crippen molar-refractivity contribution in [3.05, 3.63) is 41.7 Å². The van der Waals surface area contributed by atoms with Gasteiger partial charge in [-0.1, -0.05) is 13.8 Å². The van der Waals surface area contributed by atoms with Gasteiger partial charge in [0.05, 0.1) is 18.0 Å². The van der Waals surface area contributed by atoms with Crippen molar-refractivity contribution in [1.82, 2.24) is 15.1 Å². The van der Waals surface area contributed by atoms with Crippen molar-refractivity contribution in [2.75, 3.05) is 13.7 Å². The molecule has 1 aromatic heterocycles. The molecule has 0 fully saturated rings. The van der Waals surface area contributed by atoms with E-state index in [1.807, 2.05) is 42.9 Å². The molecular formula is C16H23N3O. The summed E-state index contributed by atoms with van der Waals surface area (Å²) in [6, 6.07) is 8.05. The highest BCUT2D eigenvalue weighted by Gasteiger charge is 2.06. The summed E-state index contributed by atoms with van der Waals surface area (Å²) < 4.78 is 7.60. The van der Waals surface area contributed by atoms with Crippen LogP contribution in [0.4, 0.5) is 0 Å². The molecular weight excluding hydrogens is 250 g/mol. The van der Waals surface area contributed by atoms with Gasteiger partial charge in [-0.05, 0) is 44.2 Å². The number of benzene rings is 1. The minimum Gasteiger partial charge on any atom is -0.493 e. The molecule has 2 rings (SSSR count). The topological polar surface area (TPSA) is 39.1 Å². The van der Waals surface area contributed by atoms with Crippen molar-refractivity contribution in [3.8, 4) is 11.4 Å². The molecule has 0 bridgehead atoms. The van der Waals surface area contributed by atoms with Gasteiger partial charge in [0, 0.05) is 18.3 Å². The van der Waals surface area contributed by atoms with Crippen LogP contribution >= 0.6 is 0 Å². The van der Waals surface area contributed by atoms with Crippen LogP contribution in [0.25, 0.3) is 5.69 Å². The zero-order valence-corrected chi connectivity index (χ0v) is 12.7. The molecule has 0 radical (unpaired) electrons. The van der Waals surface area contributed by atoms with E-state index in [4.69, 9.17) is 4.74 Å². The maximum atomic E-state index is 5.69. The van der Waals surface area contributed by atoms with Gasteiger partial charge in [-0.25, -0.2) is 4.68 Å². The molecule has 0 spiro atoms. The van der Waals surface area contributed by atoms with Crippen molar-refractivity contribution < 1.29 is 4.74 Å². The summed E-state index contributed by atoms with van der Waals surface area (Å²) in [6.45, 7) is 7.89. The quantitative estimate of drug-likeness (QED) is 0.879. The Hall–Kier alpha value is -1.81. The van der Waals surface area contributed by atoms with Gasteiger partial charge in [0.15, 0.2) is 0 Å². The highest BCUT2D eigenvalue weighted by Crippen LogP contribution is 2.17. The van der Waals surface area contributed by atoms with Crippen LogP contribution in [-0.4, -0.2) is 23.4 Å². The Morgan fingerprint density at radius 2 is 1.95 bits per heavy atom. The van der Waals surface area contributed by atoms with Crippen LogP contribution in [0.5, 0.6) is 5.75 Å². The summed E-state index contributed by atoms with van der Waals surface area (Å²) in [5, 5.41) is 7.69. The zero-order chi connectivity index (χ0) is 14.5. The fourth-order valence-corrected chi connectivity index (χ4v) is 1.95. The van der Waals surface area contributed by atoms with Crippen molar-refractivity contribution in [3.63, 3.8) is 0 Å². The predicted octanol–water partition coefficient (Wildman–Crippen LogP) is 2.93. The van der Waals surface area contributed by atoms with Gasteiger partial charge in [-0.2, -0.15) is 5.10 Å². The molecule has 0 atom stereocenters. The number of ether oxygens (including phenoxy) is 1. The molecule has 0 unspecified atom stereocenters. The molecule has 2 aromatic rings. The van der Waals surface area contributed by atoms with Crippen LogP contribution in [-0.2, 0) is 6.54 Å². The fraction of sp³-hybridized carbons (Fsp3) is 0.438. The van der Waals surface area contributed by atoms with E-state index in [1.54, 1.807) is 0 Å². The maximum Gasteiger partial charge on any atom is 0.119 e. The van der Waals surface area contributed by atoms with Crippen LogP contribution in [0.1, 0.15) is 25.1 Å². The summed E-state index contributed by atoms with van der Waals surface area (Å²) in [5.41, 5.74) is 3.32. The molecule has 0 aliphatic carbocycles. The van der Waals surface area contributed by atoms with Gasteiger partial charge in [0.25, 0.3) is 0 Å². The van der Waals surface area contributed by atoms with E-state index in [1.165, 1.54) is 5.56 Å². The minimum absolute atomic E-state index is 0.535. The lowest BCUT2D eigenvalue weighted by Crippen LogP contribution is -2.05. The van der Waals surface area contributed by atoms with Gasteiger partial charge >= 0.3 is 0 Å². The SMILES string of the molecule is CNCc1cn(-c2ccc(OCC(C)C)cc2)nc1C. The number of hydrogen-bond acceptors (Lipinski definition) is 3. The first-order valence-electron chi connectivity index (χ1n) is 7.03. The molecule has 0 aliphatic heterocycles. The van der Waals surface area contributed by atoms with Gasteiger partial charge < -0.3 is 10.1 Å². The molecule has 1 aromatic carbocycles. The number of nitrogens with zero attached hydrogens (tertiary/aromatic N) is 2. The van der Waals surface area contributed by atoms with Crippen molar-refractivity contribution in [2.24, 2.45) is 5.92 Å². The molecule has 1 N–H and O–H groups in total. The first kappa shape index (κ1) is 14.6. The first-order valence-corrected chi connectivity index (χ1v) is 7.03. The Labute approximate surface area is 120 Å². The van der Waals surface area contributed by atoms with E-state index in [-0.39, 0.29) is 0 Å². The molecule has 4 nitrogen and oxygen atoms in total. The average Bonchev–Trinajstić information content (AvgIpc) is 2.79. The fourth-order valence-electron chi connectivity index (χ4n) is 1.95. The van der Waals surface area contributed by atoms with E-state index in [2.05, 4.69) is 30.5 Å². The summed E-state index contributed by atoms with van der Waals surface area (Å²) in [6.07, 6.45) is 2.07. The molecule has 20 heavy (non-hydrogen) atoms.